The number of ketones is 1. The number of anilines is 1. The maximum absolute atomic E-state index is 11.5. The molecule has 0 N–H and O–H groups in total. The van der Waals surface area contributed by atoms with Crippen LogP contribution < -0.4 is 4.90 Å². The van der Waals surface area contributed by atoms with Crippen LogP contribution in [0, 0.1) is 11.3 Å². The van der Waals surface area contributed by atoms with E-state index in [1.807, 2.05) is 25.8 Å². The molecule has 0 saturated heterocycles. The fraction of sp³-hybridized carbons (Fsp3) is 0.385. The first-order valence-electron chi connectivity index (χ1n) is 5.25. The fourth-order valence-corrected chi connectivity index (χ4v) is 1.47. The summed E-state index contributed by atoms with van der Waals surface area (Å²) >= 11 is 0. The first kappa shape index (κ1) is 12.3. The highest BCUT2D eigenvalue weighted by atomic mass is 16.1. The molecule has 0 atom stereocenters. The van der Waals surface area contributed by atoms with Gasteiger partial charge in [0.15, 0.2) is 5.78 Å². The minimum Gasteiger partial charge on any atom is -0.372 e. The predicted molar refractivity (Wildman–Crippen MR) is 64.7 cm³/mol. The monoisotopic (exact) mass is 216 g/mol. The number of hydrogen-bond acceptors (Lipinski definition) is 3. The first-order valence-corrected chi connectivity index (χ1v) is 5.25. The Labute approximate surface area is 96.3 Å². The van der Waals surface area contributed by atoms with Crippen molar-refractivity contribution in [2.24, 2.45) is 0 Å². The maximum atomic E-state index is 11.5. The number of benzene rings is 1. The zero-order chi connectivity index (χ0) is 12.3. The predicted octanol–water partition coefficient (Wildman–Crippen LogP) is 2.61. The molecule has 0 bridgehead atoms. The summed E-state index contributed by atoms with van der Waals surface area (Å²) in [6.07, 6.45) is 0. The average Bonchev–Trinajstić information content (AvgIpc) is 2.26. The third-order valence-electron chi connectivity index (χ3n) is 2.66. The van der Waals surface area contributed by atoms with Crippen LogP contribution in [0.3, 0.4) is 0 Å². The number of nitriles is 1. The Bertz CT molecular complexity index is 444. The van der Waals surface area contributed by atoms with Gasteiger partial charge in [-0.3, -0.25) is 4.79 Å². The molecule has 0 heterocycles. The number of carbonyl (C=O) groups is 1. The molecule has 3 nitrogen and oxygen atoms in total. The van der Waals surface area contributed by atoms with E-state index in [2.05, 4.69) is 6.07 Å². The van der Waals surface area contributed by atoms with Gasteiger partial charge in [0, 0.05) is 24.3 Å². The normalized spacial score (nSPS) is 10.0. The van der Waals surface area contributed by atoms with Crippen molar-refractivity contribution in [3.8, 4) is 6.07 Å². The van der Waals surface area contributed by atoms with E-state index in [4.69, 9.17) is 5.26 Å². The van der Waals surface area contributed by atoms with Gasteiger partial charge in [0.1, 0.15) is 0 Å². The number of nitrogens with zero attached hydrogens (tertiary/aromatic N) is 2. The quantitative estimate of drug-likeness (QED) is 0.729. The third-order valence-corrected chi connectivity index (χ3v) is 2.66. The van der Waals surface area contributed by atoms with E-state index in [0.29, 0.717) is 11.1 Å². The highest BCUT2D eigenvalue weighted by molar-refractivity contribution is 6.00. The van der Waals surface area contributed by atoms with E-state index >= 15 is 0 Å². The summed E-state index contributed by atoms with van der Waals surface area (Å²) in [5, 5.41) is 8.86. The van der Waals surface area contributed by atoms with Gasteiger partial charge in [-0.2, -0.15) is 5.26 Å². The van der Waals surface area contributed by atoms with E-state index in [-0.39, 0.29) is 11.8 Å². The van der Waals surface area contributed by atoms with Gasteiger partial charge in [-0.25, -0.2) is 0 Å². The molecule has 0 fully saturated rings. The molecule has 0 aliphatic rings. The van der Waals surface area contributed by atoms with E-state index < -0.39 is 0 Å². The van der Waals surface area contributed by atoms with Crippen molar-refractivity contribution in [2.45, 2.75) is 26.8 Å². The van der Waals surface area contributed by atoms with Crippen molar-refractivity contribution in [1.29, 1.82) is 5.26 Å². The Balaban J connectivity index is 3.32. The summed E-state index contributed by atoms with van der Waals surface area (Å²) in [6, 6.07) is 7.53. The molecule has 0 spiro atoms. The Hall–Kier alpha value is -1.82. The van der Waals surface area contributed by atoms with Gasteiger partial charge in [0.05, 0.1) is 11.6 Å². The van der Waals surface area contributed by atoms with Crippen molar-refractivity contribution in [3.63, 3.8) is 0 Å². The van der Waals surface area contributed by atoms with E-state index in [1.54, 1.807) is 25.1 Å². The highest BCUT2D eigenvalue weighted by Gasteiger charge is 2.13. The summed E-state index contributed by atoms with van der Waals surface area (Å²) in [5.74, 6) is 0.0204. The molecule has 3 heteroatoms. The van der Waals surface area contributed by atoms with Crippen LogP contribution >= 0.6 is 0 Å². The number of Topliss-reactive ketones (excluding diaryl/α,β-unsaturated/α-hetero) is 1. The molecule has 0 aliphatic carbocycles. The van der Waals surface area contributed by atoms with Gasteiger partial charge in [-0.15, -0.1) is 0 Å². The van der Waals surface area contributed by atoms with Crippen LogP contribution in [0.15, 0.2) is 18.2 Å². The summed E-state index contributed by atoms with van der Waals surface area (Å²) < 4.78 is 0. The topological polar surface area (TPSA) is 44.1 Å². The number of rotatable bonds is 3. The minimum absolute atomic E-state index is 0.0204. The van der Waals surface area contributed by atoms with Crippen molar-refractivity contribution < 1.29 is 4.79 Å². The Morgan fingerprint density at radius 3 is 2.50 bits per heavy atom. The zero-order valence-corrected chi connectivity index (χ0v) is 10.1. The second kappa shape index (κ2) is 4.80. The largest absolute Gasteiger partial charge is 0.372 e. The van der Waals surface area contributed by atoms with Crippen molar-refractivity contribution in [3.05, 3.63) is 29.3 Å². The summed E-state index contributed by atoms with van der Waals surface area (Å²) in [4.78, 5) is 13.5. The Kier molecular flexibility index (Phi) is 3.68. The molecule has 0 amide bonds. The SMILES string of the molecule is CC(=O)c1ccc(C#N)cc1N(C)C(C)C. The van der Waals surface area contributed by atoms with Crippen LogP contribution in [0.1, 0.15) is 36.7 Å². The van der Waals surface area contributed by atoms with Gasteiger partial charge in [0.25, 0.3) is 0 Å². The first-order chi connectivity index (χ1) is 7.47. The van der Waals surface area contributed by atoms with E-state index in [0.717, 1.165) is 5.69 Å². The van der Waals surface area contributed by atoms with Crippen LogP contribution in [0.2, 0.25) is 0 Å². The maximum Gasteiger partial charge on any atom is 0.161 e. The molecule has 0 unspecified atom stereocenters. The molecule has 1 aromatic carbocycles. The zero-order valence-electron chi connectivity index (χ0n) is 10.1. The lowest BCUT2D eigenvalue weighted by molar-refractivity contribution is 0.101. The summed E-state index contributed by atoms with van der Waals surface area (Å²) in [7, 11) is 1.92. The van der Waals surface area contributed by atoms with Crippen LogP contribution in [0.4, 0.5) is 5.69 Å². The fourth-order valence-electron chi connectivity index (χ4n) is 1.47. The standard InChI is InChI=1S/C13H16N2O/c1-9(2)15(4)13-7-11(8-14)5-6-12(13)10(3)16/h5-7,9H,1-4H3. The summed E-state index contributed by atoms with van der Waals surface area (Å²) in [5.41, 5.74) is 2.06. The minimum atomic E-state index is 0.0204. The molecular formula is C13H16N2O. The third kappa shape index (κ3) is 2.40. The highest BCUT2D eigenvalue weighted by Crippen LogP contribution is 2.23. The molecule has 84 valence electrons. The Morgan fingerprint density at radius 2 is 2.06 bits per heavy atom. The van der Waals surface area contributed by atoms with Crippen molar-refractivity contribution >= 4 is 11.5 Å². The molecule has 1 aromatic rings. The lowest BCUT2D eigenvalue weighted by atomic mass is 10.0. The Morgan fingerprint density at radius 1 is 1.44 bits per heavy atom. The van der Waals surface area contributed by atoms with Crippen LogP contribution in [0.5, 0.6) is 0 Å². The van der Waals surface area contributed by atoms with Crippen molar-refractivity contribution in [1.82, 2.24) is 0 Å². The van der Waals surface area contributed by atoms with Gasteiger partial charge in [-0.05, 0) is 39.0 Å². The smallest absolute Gasteiger partial charge is 0.161 e. The van der Waals surface area contributed by atoms with Gasteiger partial charge >= 0.3 is 0 Å². The van der Waals surface area contributed by atoms with Gasteiger partial charge in [-0.1, -0.05) is 0 Å². The lowest BCUT2D eigenvalue weighted by Gasteiger charge is -2.25. The van der Waals surface area contributed by atoms with Crippen LogP contribution in [-0.2, 0) is 0 Å². The van der Waals surface area contributed by atoms with Gasteiger partial charge < -0.3 is 4.90 Å². The molecule has 16 heavy (non-hydrogen) atoms. The molecule has 0 aliphatic heterocycles. The lowest BCUT2D eigenvalue weighted by Crippen LogP contribution is -2.27. The van der Waals surface area contributed by atoms with Crippen LogP contribution in [-0.4, -0.2) is 18.9 Å². The number of hydrogen-bond donors (Lipinski definition) is 0. The van der Waals surface area contributed by atoms with E-state index in [9.17, 15) is 4.79 Å². The van der Waals surface area contributed by atoms with Crippen LogP contribution in [0.25, 0.3) is 0 Å². The second-order valence-electron chi connectivity index (χ2n) is 4.10. The van der Waals surface area contributed by atoms with Crippen molar-refractivity contribution in [2.75, 3.05) is 11.9 Å². The summed E-state index contributed by atoms with van der Waals surface area (Å²) in [6.45, 7) is 5.63. The molecular weight excluding hydrogens is 200 g/mol. The molecule has 0 radical (unpaired) electrons. The molecule has 1 rings (SSSR count). The number of carbonyl (C=O) groups excluding carboxylic acids is 1. The molecule has 0 saturated carbocycles. The van der Waals surface area contributed by atoms with Gasteiger partial charge in [0.2, 0.25) is 0 Å². The van der Waals surface area contributed by atoms with E-state index in [1.165, 1.54) is 0 Å². The second-order valence-corrected chi connectivity index (χ2v) is 4.10. The molecule has 0 aromatic heterocycles. The average molecular weight is 216 g/mol.